The van der Waals surface area contributed by atoms with Gasteiger partial charge in [-0.2, -0.15) is 13.2 Å². The van der Waals surface area contributed by atoms with Crippen molar-refractivity contribution >= 4 is 11.0 Å². The van der Waals surface area contributed by atoms with Gasteiger partial charge in [0.05, 0.1) is 30.7 Å². The molecule has 0 unspecified atom stereocenters. The van der Waals surface area contributed by atoms with Crippen molar-refractivity contribution < 1.29 is 32.2 Å². The molecule has 0 atom stereocenters. The Morgan fingerprint density at radius 2 is 1.74 bits per heavy atom. The van der Waals surface area contributed by atoms with E-state index in [0.29, 0.717) is 5.75 Å². The van der Waals surface area contributed by atoms with Gasteiger partial charge in [0.2, 0.25) is 11.2 Å². The summed E-state index contributed by atoms with van der Waals surface area (Å²) in [5, 5.41) is 10.5. The van der Waals surface area contributed by atoms with E-state index in [9.17, 15) is 23.1 Å². The smallest absolute Gasteiger partial charge is 0.450 e. The number of rotatable bonds is 6. The molecule has 1 aromatic heterocycles. The van der Waals surface area contributed by atoms with E-state index in [2.05, 4.69) is 0 Å². The molecule has 1 heterocycles. The molecular formula is C26H28F3NO5. The van der Waals surface area contributed by atoms with Gasteiger partial charge in [-0.15, -0.1) is 0 Å². The predicted molar refractivity (Wildman–Crippen MR) is 126 cm³/mol. The molecule has 1 saturated carbocycles. The summed E-state index contributed by atoms with van der Waals surface area (Å²) < 4.78 is 58.4. The molecule has 9 heteroatoms. The summed E-state index contributed by atoms with van der Waals surface area (Å²) >= 11 is 0. The van der Waals surface area contributed by atoms with Gasteiger partial charge in [0.25, 0.3) is 0 Å². The molecule has 0 bridgehead atoms. The SMILES string of the molecule is COc1ccc(-c2c(C(F)(F)F)oc3c(CN(C)C4CCCCC4)c(O)ccc3c2=O)cc1OC. The lowest BCUT2D eigenvalue weighted by Gasteiger charge is -2.31. The number of methoxy groups -OCH3 is 2. The Balaban J connectivity index is 1.91. The molecule has 3 aromatic rings. The number of aromatic hydroxyl groups is 1. The van der Waals surface area contributed by atoms with Gasteiger partial charge in [-0.25, -0.2) is 0 Å². The highest BCUT2D eigenvalue weighted by Crippen LogP contribution is 2.41. The fourth-order valence-corrected chi connectivity index (χ4v) is 4.81. The molecule has 188 valence electrons. The van der Waals surface area contributed by atoms with Crippen LogP contribution in [0.5, 0.6) is 17.2 Å². The van der Waals surface area contributed by atoms with Gasteiger partial charge in [-0.3, -0.25) is 9.69 Å². The first-order valence-electron chi connectivity index (χ1n) is 11.5. The van der Waals surface area contributed by atoms with E-state index in [4.69, 9.17) is 13.9 Å². The van der Waals surface area contributed by atoms with Gasteiger partial charge < -0.3 is 19.0 Å². The number of fused-ring (bicyclic) bond motifs is 1. The Hall–Kier alpha value is -3.20. The summed E-state index contributed by atoms with van der Waals surface area (Å²) in [6.45, 7) is 0.157. The molecule has 2 aromatic carbocycles. The van der Waals surface area contributed by atoms with Gasteiger partial charge in [0.1, 0.15) is 11.3 Å². The van der Waals surface area contributed by atoms with Crippen LogP contribution in [0.4, 0.5) is 13.2 Å². The molecule has 35 heavy (non-hydrogen) atoms. The van der Waals surface area contributed by atoms with Gasteiger partial charge in [0.15, 0.2) is 11.5 Å². The molecule has 1 aliphatic carbocycles. The van der Waals surface area contributed by atoms with E-state index < -0.39 is 22.9 Å². The van der Waals surface area contributed by atoms with Crippen LogP contribution in [0.15, 0.2) is 39.5 Å². The van der Waals surface area contributed by atoms with Crippen LogP contribution in [0.2, 0.25) is 0 Å². The van der Waals surface area contributed by atoms with E-state index >= 15 is 0 Å². The Labute approximate surface area is 200 Å². The number of ether oxygens (including phenoxy) is 2. The van der Waals surface area contributed by atoms with Gasteiger partial charge in [-0.05, 0) is 49.7 Å². The Morgan fingerprint density at radius 3 is 2.37 bits per heavy atom. The second-order valence-corrected chi connectivity index (χ2v) is 8.85. The zero-order valence-electron chi connectivity index (χ0n) is 19.9. The molecule has 6 nitrogen and oxygen atoms in total. The highest BCUT2D eigenvalue weighted by Gasteiger charge is 2.40. The molecule has 1 aliphatic rings. The number of hydrogen-bond acceptors (Lipinski definition) is 6. The standard InChI is InChI=1S/C26H28F3NO5/c1-30(16-7-5-4-6-8-16)14-18-19(31)11-10-17-23(32)22(25(26(27,28)29)35-24(17)18)15-9-12-20(33-2)21(13-15)34-3/h9-13,16,31H,4-8,14H2,1-3H3. The molecular weight excluding hydrogens is 463 g/mol. The predicted octanol–water partition coefficient (Wildman–Crippen LogP) is 5.97. The summed E-state index contributed by atoms with van der Waals surface area (Å²) in [5.74, 6) is -1.14. The van der Waals surface area contributed by atoms with Crippen LogP contribution in [0.25, 0.3) is 22.1 Å². The molecule has 1 fully saturated rings. The monoisotopic (exact) mass is 491 g/mol. The van der Waals surface area contributed by atoms with Crippen molar-refractivity contribution in [3.63, 3.8) is 0 Å². The van der Waals surface area contributed by atoms with Crippen molar-refractivity contribution in [2.75, 3.05) is 21.3 Å². The Kier molecular flexibility index (Phi) is 6.98. The summed E-state index contributed by atoms with van der Waals surface area (Å²) in [6.07, 6.45) is 0.323. The van der Waals surface area contributed by atoms with Gasteiger partial charge in [0, 0.05) is 12.6 Å². The van der Waals surface area contributed by atoms with E-state index in [0.717, 1.165) is 32.1 Å². The van der Waals surface area contributed by atoms with E-state index in [1.165, 1.54) is 44.6 Å². The van der Waals surface area contributed by atoms with Crippen molar-refractivity contribution in [1.82, 2.24) is 4.90 Å². The molecule has 0 aliphatic heterocycles. The van der Waals surface area contributed by atoms with Crippen LogP contribution in [-0.4, -0.2) is 37.3 Å². The van der Waals surface area contributed by atoms with Gasteiger partial charge >= 0.3 is 6.18 Å². The second-order valence-electron chi connectivity index (χ2n) is 8.85. The summed E-state index contributed by atoms with van der Waals surface area (Å²) in [5.41, 5.74) is -1.57. The highest BCUT2D eigenvalue weighted by molar-refractivity contribution is 5.87. The summed E-state index contributed by atoms with van der Waals surface area (Å²) in [4.78, 5) is 15.5. The van der Waals surface area contributed by atoms with Crippen molar-refractivity contribution in [1.29, 1.82) is 0 Å². The maximum atomic E-state index is 14.2. The summed E-state index contributed by atoms with van der Waals surface area (Å²) in [7, 11) is 4.63. The van der Waals surface area contributed by atoms with Crippen LogP contribution < -0.4 is 14.9 Å². The van der Waals surface area contributed by atoms with E-state index in [1.807, 2.05) is 11.9 Å². The van der Waals surface area contributed by atoms with Crippen molar-refractivity contribution in [2.45, 2.75) is 50.9 Å². The highest BCUT2D eigenvalue weighted by atomic mass is 19.4. The lowest BCUT2D eigenvalue weighted by Crippen LogP contribution is -2.33. The third kappa shape index (κ3) is 4.82. The van der Waals surface area contributed by atoms with Crippen LogP contribution in [0.1, 0.15) is 43.4 Å². The largest absolute Gasteiger partial charge is 0.507 e. The summed E-state index contributed by atoms with van der Waals surface area (Å²) in [6, 6.07) is 6.97. The number of nitrogens with zero attached hydrogens (tertiary/aromatic N) is 1. The molecule has 0 radical (unpaired) electrons. The quantitative estimate of drug-likeness (QED) is 0.458. The zero-order valence-corrected chi connectivity index (χ0v) is 19.9. The van der Waals surface area contributed by atoms with Crippen LogP contribution >= 0.6 is 0 Å². The number of phenolic OH excluding ortho intramolecular Hbond substituents is 1. The van der Waals surface area contributed by atoms with Crippen molar-refractivity contribution in [2.24, 2.45) is 0 Å². The third-order valence-corrected chi connectivity index (χ3v) is 6.67. The average Bonchev–Trinajstić information content (AvgIpc) is 2.85. The Morgan fingerprint density at radius 1 is 1.06 bits per heavy atom. The van der Waals surface area contributed by atoms with Crippen LogP contribution in [-0.2, 0) is 12.7 Å². The minimum atomic E-state index is -4.95. The fourth-order valence-electron chi connectivity index (χ4n) is 4.81. The van der Waals surface area contributed by atoms with Crippen molar-refractivity contribution in [3.05, 3.63) is 51.9 Å². The topological polar surface area (TPSA) is 72.1 Å². The van der Waals surface area contributed by atoms with E-state index in [1.54, 1.807) is 0 Å². The average molecular weight is 492 g/mol. The third-order valence-electron chi connectivity index (χ3n) is 6.67. The first-order valence-corrected chi connectivity index (χ1v) is 11.5. The minimum absolute atomic E-state index is 0.0143. The number of phenols is 1. The van der Waals surface area contributed by atoms with E-state index in [-0.39, 0.29) is 46.2 Å². The molecule has 0 amide bonds. The molecule has 0 saturated heterocycles. The zero-order chi connectivity index (χ0) is 25.3. The Bertz CT molecular complexity index is 1280. The maximum absolute atomic E-state index is 14.2. The second kappa shape index (κ2) is 9.81. The number of alkyl halides is 3. The fraction of sp³-hybridized carbons (Fsp3) is 0.423. The number of hydrogen-bond donors (Lipinski definition) is 1. The number of halogens is 3. The maximum Gasteiger partial charge on any atom is 0.450 e. The van der Waals surface area contributed by atoms with Gasteiger partial charge in [-0.1, -0.05) is 25.3 Å². The lowest BCUT2D eigenvalue weighted by atomic mass is 9.94. The van der Waals surface area contributed by atoms with Crippen molar-refractivity contribution in [3.8, 4) is 28.4 Å². The van der Waals surface area contributed by atoms with Crippen LogP contribution in [0.3, 0.4) is 0 Å². The molecule has 4 rings (SSSR count). The number of benzene rings is 2. The lowest BCUT2D eigenvalue weighted by molar-refractivity contribution is -0.152. The molecule has 0 spiro atoms. The normalized spacial score (nSPS) is 15.1. The molecule has 1 N–H and O–H groups in total. The van der Waals surface area contributed by atoms with Crippen LogP contribution in [0, 0.1) is 0 Å². The first kappa shape index (κ1) is 24.9. The first-order chi connectivity index (χ1) is 16.7. The minimum Gasteiger partial charge on any atom is -0.507 e.